The Bertz CT molecular complexity index is 368. The minimum atomic E-state index is -0.728. The van der Waals surface area contributed by atoms with E-state index >= 15 is 0 Å². The summed E-state index contributed by atoms with van der Waals surface area (Å²) in [4.78, 5) is 0. The van der Waals surface area contributed by atoms with Crippen LogP contribution in [0.1, 0.15) is 25.8 Å². The summed E-state index contributed by atoms with van der Waals surface area (Å²) in [5.74, 6) is 0. The van der Waals surface area contributed by atoms with Crippen LogP contribution in [0.2, 0.25) is 0 Å². The van der Waals surface area contributed by atoms with Gasteiger partial charge in [0.25, 0.3) is 0 Å². The van der Waals surface area contributed by atoms with E-state index in [0.717, 1.165) is 12.0 Å². The van der Waals surface area contributed by atoms with Gasteiger partial charge < -0.3 is 19.3 Å². The van der Waals surface area contributed by atoms with Crippen molar-refractivity contribution < 1.29 is 19.3 Å². The SMILES string of the molecule is CCOC1O[C@H](CC)[C@H](OCc2ccccc2)[C@H]1O. The maximum Gasteiger partial charge on any atom is 0.186 e. The summed E-state index contributed by atoms with van der Waals surface area (Å²) in [5, 5.41) is 10.2. The Morgan fingerprint density at radius 1 is 1.16 bits per heavy atom. The fourth-order valence-corrected chi connectivity index (χ4v) is 2.31. The highest BCUT2D eigenvalue weighted by Gasteiger charge is 2.44. The zero-order chi connectivity index (χ0) is 13.7. The molecule has 4 nitrogen and oxygen atoms in total. The molecule has 0 aliphatic carbocycles. The van der Waals surface area contributed by atoms with E-state index in [1.807, 2.05) is 44.2 Å². The second-order valence-corrected chi connectivity index (χ2v) is 4.66. The van der Waals surface area contributed by atoms with Gasteiger partial charge in [-0.1, -0.05) is 37.3 Å². The van der Waals surface area contributed by atoms with E-state index in [1.165, 1.54) is 0 Å². The third kappa shape index (κ3) is 3.54. The van der Waals surface area contributed by atoms with Crippen molar-refractivity contribution in [3.8, 4) is 0 Å². The van der Waals surface area contributed by atoms with Crippen LogP contribution >= 0.6 is 0 Å². The molecule has 1 heterocycles. The fraction of sp³-hybridized carbons (Fsp3) is 0.600. The van der Waals surface area contributed by atoms with E-state index in [-0.39, 0.29) is 12.2 Å². The van der Waals surface area contributed by atoms with E-state index in [9.17, 15) is 5.11 Å². The highest BCUT2D eigenvalue weighted by molar-refractivity contribution is 5.13. The molecule has 0 bridgehead atoms. The van der Waals surface area contributed by atoms with Crippen molar-refractivity contribution in [2.24, 2.45) is 0 Å². The van der Waals surface area contributed by atoms with Gasteiger partial charge in [0.15, 0.2) is 6.29 Å². The molecular weight excluding hydrogens is 244 g/mol. The van der Waals surface area contributed by atoms with Crippen LogP contribution in [0, 0.1) is 0 Å². The molecule has 0 saturated carbocycles. The molecule has 1 aromatic carbocycles. The van der Waals surface area contributed by atoms with Gasteiger partial charge in [-0.3, -0.25) is 0 Å². The van der Waals surface area contributed by atoms with Crippen molar-refractivity contribution in [3.05, 3.63) is 35.9 Å². The summed E-state index contributed by atoms with van der Waals surface area (Å²) in [6.45, 7) is 4.89. The lowest BCUT2D eigenvalue weighted by Gasteiger charge is -2.19. The van der Waals surface area contributed by atoms with Crippen molar-refractivity contribution in [1.82, 2.24) is 0 Å². The molecule has 0 spiro atoms. The van der Waals surface area contributed by atoms with Crippen LogP contribution in [-0.2, 0) is 20.8 Å². The van der Waals surface area contributed by atoms with E-state index in [1.54, 1.807) is 0 Å². The van der Waals surface area contributed by atoms with Gasteiger partial charge in [0, 0.05) is 6.61 Å². The molecule has 1 N–H and O–H groups in total. The molecule has 1 saturated heterocycles. The van der Waals surface area contributed by atoms with Crippen LogP contribution < -0.4 is 0 Å². The molecule has 0 radical (unpaired) electrons. The van der Waals surface area contributed by atoms with Crippen molar-refractivity contribution in [2.75, 3.05) is 6.61 Å². The summed E-state index contributed by atoms with van der Waals surface area (Å²) >= 11 is 0. The molecule has 4 atom stereocenters. The third-order valence-electron chi connectivity index (χ3n) is 3.31. The zero-order valence-electron chi connectivity index (χ0n) is 11.5. The lowest BCUT2D eigenvalue weighted by molar-refractivity contribution is -0.162. The van der Waals surface area contributed by atoms with Crippen LogP contribution in [0.3, 0.4) is 0 Å². The number of ether oxygens (including phenoxy) is 3. The molecule has 2 rings (SSSR count). The van der Waals surface area contributed by atoms with Gasteiger partial charge >= 0.3 is 0 Å². The van der Waals surface area contributed by atoms with Crippen LogP contribution in [0.4, 0.5) is 0 Å². The lowest BCUT2D eigenvalue weighted by Crippen LogP contribution is -2.35. The molecule has 1 fully saturated rings. The number of hydrogen-bond acceptors (Lipinski definition) is 4. The van der Waals surface area contributed by atoms with Crippen molar-refractivity contribution >= 4 is 0 Å². The van der Waals surface area contributed by atoms with Gasteiger partial charge in [0.1, 0.15) is 12.2 Å². The summed E-state index contributed by atoms with van der Waals surface area (Å²) < 4.78 is 16.9. The predicted octanol–water partition coefficient (Wildman–Crippen LogP) is 2.10. The molecular formula is C15H22O4. The average Bonchev–Trinajstić information content (AvgIpc) is 2.74. The molecule has 106 valence electrons. The summed E-state index contributed by atoms with van der Waals surface area (Å²) in [6, 6.07) is 9.92. The Morgan fingerprint density at radius 3 is 2.53 bits per heavy atom. The summed E-state index contributed by atoms with van der Waals surface area (Å²) in [5.41, 5.74) is 1.09. The first-order valence-corrected chi connectivity index (χ1v) is 6.87. The second kappa shape index (κ2) is 7.01. The number of benzene rings is 1. The highest BCUT2D eigenvalue weighted by atomic mass is 16.7. The first kappa shape index (κ1) is 14.5. The summed E-state index contributed by atoms with van der Waals surface area (Å²) in [7, 11) is 0. The Morgan fingerprint density at radius 2 is 1.89 bits per heavy atom. The Kier molecular flexibility index (Phi) is 5.34. The first-order chi connectivity index (χ1) is 9.26. The number of hydrogen-bond donors (Lipinski definition) is 1. The van der Waals surface area contributed by atoms with Gasteiger partial charge in [-0.15, -0.1) is 0 Å². The van der Waals surface area contributed by atoms with Crippen molar-refractivity contribution in [1.29, 1.82) is 0 Å². The Balaban J connectivity index is 1.94. The minimum Gasteiger partial charge on any atom is -0.385 e. The lowest BCUT2D eigenvalue weighted by atomic mass is 10.1. The Labute approximate surface area is 114 Å². The van der Waals surface area contributed by atoms with Crippen molar-refractivity contribution in [3.63, 3.8) is 0 Å². The number of aliphatic hydroxyl groups is 1. The zero-order valence-corrected chi connectivity index (χ0v) is 11.5. The molecule has 19 heavy (non-hydrogen) atoms. The monoisotopic (exact) mass is 266 g/mol. The van der Waals surface area contributed by atoms with Gasteiger partial charge in [-0.05, 0) is 18.9 Å². The second-order valence-electron chi connectivity index (χ2n) is 4.66. The maximum atomic E-state index is 10.2. The fourth-order valence-electron chi connectivity index (χ4n) is 2.31. The van der Waals surface area contributed by atoms with Crippen LogP contribution in [-0.4, -0.2) is 36.3 Å². The van der Waals surface area contributed by atoms with E-state index in [4.69, 9.17) is 14.2 Å². The van der Waals surface area contributed by atoms with Crippen LogP contribution in [0.5, 0.6) is 0 Å². The van der Waals surface area contributed by atoms with Gasteiger partial charge in [-0.2, -0.15) is 0 Å². The van der Waals surface area contributed by atoms with Gasteiger partial charge in [0.05, 0.1) is 12.7 Å². The molecule has 0 amide bonds. The normalized spacial score (nSPS) is 30.7. The van der Waals surface area contributed by atoms with Gasteiger partial charge in [-0.25, -0.2) is 0 Å². The van der Waals surface area contributed by atoms with Gasteiger partial charge in [0.2, 0.25) is 0 Å². The molecule has 1 aliphatic rings. The molecule has 4 heteroatoms. The Hall–Kier alpha value is -0.940. The summed E-state index contributed by atoms with van der Waals surface area (Å²) in [6.07, 6.45) is -0.957. The molecule has 1 aliphatic heterocycles. The van der Waals surface area contributed by atoms with E-state index in [2.05, 4.69) is 0 Å². The molecule has 1 aromatic rings. The van der Waals surface area contributed by atoms with Crippen LogP contribution in [0.15, 0.2) is 30.3 Å². The average molecular weight is 266 g/mol. The topological polar surface area (TPSA) is 47.9 Å². The standard InChI is InChI=1S/C15H22O4/c1-3-12-14(13(16)15(19-12)17-4-2)18-10-11-8-6-5-7-9-11/h5-9,12-16H,3-4,10H2,1-2H3/t12-,13-,14+,15?/m1/s1. The van der Waals surface area contributed by atoms with Crippen LogP contribution in [0.25, 0.3) is 0 Å². The molecule has 1 unspecified atom stereocenters. The third-order valence-corrected chi connectivity index (χ3v) is 3.31. The largest absolute Gasteiger partial charge is 0.385 e. The number of aliphatic hydroxyl groups excluding tert-OH is 1. The van der Waals surface area contributed by atoms with Crippen molar-refractivity contribution in [2.45, 2.75) is 51.5 Å². The molecule has 0 aromatic heterocycles. The quantitative estimate of drug-likeness (QED) is 0.856. The van der Waals surface area contributed by atoms with E-state index in [0.29, 0.717) is 13.2 Å². The minimum absolute atomic E-state index is 0.115. The predicted molar refractivity (Wildman–Crippen MR) is 71.6 cm³/mol. The number of rotatable bonds is 6. The van der Waals surface area contributed by atoms with E-state index < -0.39 is 12.4 Å². The first-order valence-electron chi connectivity index (χ1n) is 6.87. The maximum absolute atomic E-state index is 10.2. The highest BCUT2D eigenvalue weighted by Crippen LogP contribution is 2.27. The smallest absolute Gasteiger partial charge is 0.186 e.